The molecule has 1 nitrogen and oxygen atoms in total. The van der Waals surface area contributed by atoms with Crippen molar-refractivity contribution in [3.63, 3.8) is 0 Å². The van der Waals surface area contributed by atoms with Gasteiger partial charge in [-0.3, -0.25) is 0 Å². The minimum absolute atomic E-state index is 0.503. The van der Waals surface area contributed by atoms with Crippen LogP contribution in [0.2, 0.25) is 10.0 Å². The molecule has 0 heterocycles. The molecule has 1 atom stereocenters. The molecular weight excluding hydrogens is 267 g/mol. The normalized spacial score (nSPS) is 12.4. The van der Waals surface area contributed by atoms with E-state index < -0.39 is 6.10 Å². The number of halogens is 2. The molecule has 2 aromatic carbocycles. The second-order valence-electron chi connectivity index (χ2n) is 4.37. The van der Waals surface area contributed by atoms with Gasteiger partial charge in [0.15, 0.2) is 0 Å². The summed E-state index contributed by atoms with van der Waals surface area (Å²) in [5, 5.41) is 11.5. The molecule has 0 bridgehead atoms. The molecular formula is C15H14Cl2O. The number of aryl methyl sites for hydroxylation is 1. The van der Waals surface area contributed by atoms with Crippen LogP contribution in [0.4, 0.5) is 0 Å². The van der Waals surface area contributed by atoms with Crippen molar-refractivity contribution in [2.75, 3.05) is 0 Å². The van der Waals surface area contributed by atoms with Crippen LogP contribution in [-0.2, 0) is 6.42 Å². The smallest absolute Gasteiger partial charge is 0.0844 e. The lowest BCUT2D eigenvalue weighted by atomic mass is 10.0. The average molecular weight is 281 g/mol. The van der Waals surface area contributed by atoms with Gasteiger partial charge in [-0.05, 0) is 41.8 Å². The number of aliphatic hydroxyl groups excluding tert-OH is 1. The van der Waals surface area contributed by atoms with Crippen LogP contribution in [0.1, 0.15) is 22.8 Å². The predicted molar refractivity (Wildman–Crippen MR) is 76.3 cm³/mol. The van der Waals surface area contributed by atoms with Crippen molar-refractivity contribution in [2.24, 2.45) is 0 Å². The Labute approximate surface area is 117 Å². The van der Waals surface area contributed by atoms with Crippen molar-refractivity contribution in [3.8, 4) is 0 Å². The fourth-order valence-corrected chi connectivity index (χ4v) is 2.47. The highest BCUT2D eigenvalue weighted by Crippen LogP contribution is 2.27. The predicted octanol–water partition coefficient (Wildman–Crippen LogP) is 4.58. The van der Waals surface area contributed by atoms with Crippen LogP contribution in [0.25, 0.3) is 0 Å². The molecule has 0 radical (unpaired) electrons. The number of aliphatic hydroxyl groups is 1. The first-order valence-electron chi connectivity index (χ1n) is 5.75. The molecule has 2 aromatic rings. The number of hydrogen-bond acceptors (Lipinski definition) is 1. The van der Waals surface area contributed by atoms with Gasteiger partial charge >= 0.3 is 0 Å². The van der Waals surface area contributed by atoms with Gasteiger partial charge in [0.25, 0.3) is 0 Å². The summed E-state index contributed by atoms with van der Waals surface area (Å²) < 4.78 is 0. The third-order valence-corrected chi connectivity index (χ3v) is 3.40. The van der Waals surface area contributed by atoms with E-state index in [4.69, 9.17) is 23.2 Å². The summed E-state index contributed by atoms with van der Waals surface area (Å²) in [6.45, 7) is 1.97. The lowest BCUT2D eigenvalue weighted by molar-refractivity contribution is 0.178. The molecule has 1 unspecified atom stereocenters. The first-order valence-corrected chi connectivity index (χ1v) is 6.50. The van der Waals surface area contributed by atoms with Gasteiger partial charge in [-0.25, -0.2) is 0 Å². The van der Waals surface area contributed by atoms with E-state index in [0.29, 0.717) is 16.5 Å². The molecule has 0 spiro atoms. The van der Waals surface area contributed by atoms with Crippen molar-refractivity contribution < 1.29 is 5.11 Å². The van der Waals surface area contributed by atoms with Gasteiger partial charge in [0.05, 0.1) is 6.10 Å². The standard InChI is InChI=1S/C15H14Cl2O/c1-10-5-6-13(14(17)7-10)15(18)9-11-3-2-4-12(16)8-11/h2-8,15,18H,9H2,1H3. The van der Waals surface area contributed by atoms with Crippen LogP contribution >= 0.6 is 23.2 Å². The minimum Gasteiger partial charge on any atom is -0.388 e. The highest BCUT2D eigenvalue weighted by molar-refractivity contribution is 6.31. The molecule has 18 heavy (non-hydrogen) atoms. The van der Waals surface area contributed by atoms with E-state index in [1.807, 2.05) is 49.4 Å². The number of benzene rings is 2. The Bertz CT molecular complexity index is 552. The maximum Gasteiger partial charge on any atom is 0.0844 e. The van der Waals surface area contributed by atoms with Crippen LogP contribution in [-0.4, -0.2) is 5.11 Å². The largest absolute Gasteiger partial charge is 0.388 e. The Morgan fingerprint density at radius 1 is 1.11 bits per heavy atom. The van der Waals surface area contributed by atoms with E-state index >= 15 is 0 Å². The molecule has 0 saturated carbocycles. The second kappa shape index (κ2) is 5.75. The van der Waals surface area contributed by atoms with Gasteiger partial charge in [-0.2, -0.15) is 0 Å². The lowest BCUT2D eigenvalue weighted by Crippen LogP contribution is -2.02. The van der Waals surface area contributed by atoms with Gasteiger partial charge in [0, 0.05) is 16.5 Å². The molecule has 0 aliphatic carbocycles. The monoisotopic (exact) mass is 280 g/mol. The summed E-state index contributed by atoms with van der Waals surface area (Å²) >= 11 is 12.1. The zero-order valence-electron chi connectivity index (χ0n) is 10.0. The molecule has 0 aliphatic heterocycles. The van der Waals surface area contributed by atoms with Crippen molar-refractivity contribution in [1.82, 2.24) is 0 Å². The van der Waals surface area contributed by atoms with Crippen molar-refractivity contribution in [1.29, 1.82) is 0 Å². The Hall–Kier alpha value is -1.02. The van der Waals surface area contributed by atoms with Gasteiger partial charge in [0.2, 0.25) is 0 Å². The maximum absolute atomic E-state index is 10.2. The summed E-state index contributed by atoms with van der Waals surface area (Å²) in [5.41, 5.74) is 2.83. The molecule has 0 aromatic heterocycles. The Kier molecular flexibility index (Phi) is 4.28. The van der Waals surface area contributed by atoms with Crippen LogP contribution in [0.5, 0.6) is 0 Å². The fraction of sp³-hybridized carbons (Fsp3) is 0.200. The van der Waals surface area contributed by atoms with Crippen molar-refractivity contribution >= 4 is 23.2 Å². The summed E-state index contributed by atoms with van der Waals surface area (Å²) in [7, 11) is 0. The van der Waals surface area contributed by atoms with Crippen LogP contribution in [0.3, 0.4) is 0 Å². The number of rotatable bonds is 3. The third kappa shape index (κ3) is 3.26. The third-order valence-electron chi connectivity index (χ3n) is 2.83. The SMILES string of the molecule is Cc1ccc(C(O)Cc2cccc(Cl)c2)c(Cl)c1. The molecule has 0 saturated heterocycles. The minimum atomic E-state index is -0.614. The Morgan fingerprint density at radius 2 is 1.89 bits per heavy atom. The molecule has 94 valence electrons. The fourth-order valence-electron chi connectivity index (χ4n) is 1.90. The summed E-state index contributed by atoms with van der Waals surface area (Å²) in [4.78, 5) is 0. The molecule has 2 rings (SSSR count). The average Bonchev–Trinajstić information content (AvgIpc) is 2.28. The van der Waals surface area contributed by atoms with Gasteiger partial charge < -0.3 is 5.11 Å². The van der Waals surface area contributed by atoms with Crippen molar-refractivity contribution in [3.05, 3.63) is 69.2 Å². The van der Waals surface area contributed by atoms with Crippen LogP contribution in [0.15, 0.2) is 42.5 Å². The first-order chi connectivity index (χ1) is 8.56. The molecule has 3 heteroatoms. The van der Waals surface area contributed by atoms with Gasteiger partial charge in [-0.1, -0.05) is 47.5 Å². The molecule has 0 amide bonds. The molecule has 0 fully saturated rings. The van der Waals surface area contributed by atoms with E-state index in [0.717, 1.165) is 16.7 Å². The second-order valence-corrected chi connectivity index (χ2v) is 5.22. The van der Waals surface area contributed by atoms with E-state index in [9.17, 15) is 5.11 Å². The quantitative estimate of drug-likeness (QED) is 0.873. The Balaban J connectivity index is 2.19. The van der Waals surface area contributed by atoms with Crippen LogP contribution in [0, 0.1) is 6.92 Å². The number of hydrogen-bond donors (Lipinski definition) is 1. The zero-order chi connectivity index (χ0) is 13.1. The molecule has 1 N–H and O–H groups in total. The van der Waals surface area contributed by atoms with Gasteiger partial charge in [-0.15, -0.1) is 0 Å². The summed E-state index contributed by atoms with van der Waals surface area (Å²) in [6, 6.07) is 13.2. The first kappa shape index (κ1) is 13.4. The maximum atomic E-state index is 10.2. The van der Waals surface area contributed by atoms with E-state index in [-0.39, 0.29) is 0 Å². The van der Waals surface area contributed by atoms with Gasteiger partial charge in [0.1, 0.15) is 0 Å². The molecule has 0 aliphatic rings. The highest BCUT2D eigenvalue weighted by atomic mass is 35.5. The van der Waals surface area contributed by atoms with E-state index in [2.05, 4.69) is 0 Å². The Morgan fingerprint density at radius 3 is 2.56 bits per heavy atom. The van der Waals surface area contributed by atoms with E-state index in [1.165, 1.54) is 0 Å². The zero-order valence-corrected chi connectivity index (χ0v) is 11.5. The summed E-state index contributed by atoms with van der Waals surface area (Å²) in [6.07, 6.45) is -0.111. The van der Waals surface area contributed by atoms with Crippen molar-refractivity contribution in [2.45, 2.75) is 19.4 Å². The summed E-state index contributed by atoms with van der Waals surface area (Å²) in [5.74, 6) is 0. The lowest BCUT2D eigenvalue weighted by Gasteiger charge is -2.13. The van der Waals surface area contributed by atoms with Crippen LogP contribution < -0.4 is 0 Å². The van der Waals surface area contributed by atoms with E-state index in [1.54, 1.807) is 0 Å². The topological polar surface area (TPSA) is 20.2 Å². The highest BCUT2D eigenvalue weighted by Gasteiger charge is 2.12.